The Labute approximate surface area is 62.6 Å². The van der Waals surface area contributed by atoms with Crippen LogP contribution in [0.4, 0.5) is 0 Å². The van der Waals surface area contributed by atoms with Gasteiger partial charge in [-0.15, -0.1) is 0 Å². The van der Waals surface area contributed by atoms with Gasteiger partial charge in [-0.2, -0.15) is 0 Å². The van der Waals surface area contributed by atoms with Gasteiger partial charge in [-0.05, 0) is 0 Å². The molecule has 0 spiro atoms. The molecule has 0 aliphatic carbocycles. The highest BCUT2D eigenvalue weighted by molar-refractivity contribution is 5.76. The van der Waals surface area contributed by atoms with Crippen LogP contribution in [0.5, 0.6) is 0 Å². The molecule has 0 rings (SSSR count). The Kier molecular flexibility index (Phi) is 252. The Morgan fingerprint density at radius 2 is 0.500 bits per heavy atom. The van der Waals surface area contributed by atoms with E-state index in [1.165, 1.54) is 0 Å². The lowest BCUT2D eigenvalue weighted by Gasteiger charge is -0.00100. The number of rotatable bonds is 0. The third kappa shape index (κ3) is 9.39. The Morgan fingerprint density at radius 3 is 0.500 bits per heavy atom. The van der Waals surface area contributed by atoms with Crippen molar-refractivity contribution >= 4 is 62.9 Å². The predicted octanol–water partition coefficient (Wildman–Crippen LogP) is -1.52. The third-order valence-corrected chi connectivity index (χ3v) is 0. The fourth-order valence-corrected chi connectivity index (χ4v) is 0. The van der Waals surface area contributed by atoms with Crippen molar-refractivity contribution in [1.82, 2.24) is 0 Å². The normalized spacial score (nSPS) is 0. The largest absolute Gasteiger partial charge is 0 e. The molecule has 0 nitrogen and oxygen atoms in total. The standard InChI is InChI=1S/2B.2Mg. The summed E-state index contributed by atoms with van der Waals surface area (Å²) in [6, 6.07) is 0. The van der Waals surface area contributed by atoms with Crippen molar-refractivity contribution in [3.8, 4) is 0 Å². The van der Waals surface area contributed by atoms with Crippen LogP contribution in [0.2, 0.25) is 0 Å². The van der Waals surface area contributed by atoms with Gasteiger partial charge in [-0.1, -0.05) is 0 Å². The minimum Gasteiger partial charge on any atom is 0 e. The van der Waals surface area contributed by atoms with Crippen molar-refractivity contribution in [3.05, 3.63) is 0 Å². The second kappa shape index (κ2) is 22.6. The molecular weight excluding hydrogens is 70.2 g/mol. The molecule has 0 saturated carbocycles. The van der Waals surface area contributed by atoms with Crippen LogP contribution < -0.4 is 0 Å². The molecule has 0 amide bonds. The minimum absolute atomic E-state index is 0. The van der Waals surface area contributed by atoms with Crippen LogP contribution in [-0.2, 0) is 0 Å². The lowest BCUT2D eigenvalue weighted by molar-refractivity contribution is 5.75. The summed E-state index contributed by atoms with van der Waals surface area (Å²) in [5.41, 5.74) is 0. The van der Waals surface area contributed by atoms with E-state index in [1.807, 2.05) is 0 Å². The number of hydrogen-bond acceptors (Lipinski definition) is 0. The summed E-state index contributed by atoms with van der Waals surface area (Å²) in [7, 11) is 0. The molecule has 0 aromatic carbocycles. The topological polar surface area (TPSA) is 0 Å². The lowest BCUT2D eigenvalue weighted by Crippen LogP contribution is -0.382. The maximum absolute atomic E-state index is 0. The minimum atomic E-state index is 0. The molecule has 4 heteroatoms. The molecule has 0 fully saturated rings. The zero-order valence-corrected chi connectivity index (χ0v) is 5.40. The van der Waals surface area contributed by atoms with Gasteiger partial charge in [0.1, 0.15) is 0 Å². The van der Waals surface area contributed by atoms with Gasteiger partial charge < -0.3 is 0 Å². The van der Waals surface area contributed by atoms with E-state index in [-0.39, 0.29) is 62.9 Å². The van der Waals surface area contributed by atoms with Gasteiger partial charge in [0.2, 0.25) is 0 Å². The Bertz CT molecular complexity index is 4.00. The molecule has 0 atom stereocenters. The van der Waals surface area contributed by atoms with Gasteiger partial charge in [0.05, 0.1) is 0 Å². The second-order valence-corrected chi connectivity index (χ2v) is 0. The van der Waals surface area contributed by atoms with Gasteiger partial charge in [-0.3, -0.25) is 0 Å². The molecule has 0 aromatic heterocycles. The molecule has 0 saturated heterocycles. The van der Waals surface area contributed by atoms with Gasteiger partial charge in [0, 0.05) is 62.9 Å². The molecule has 10 radical (unpaired) electrons. The van der Waals surface area contributed by atoms with Crippen molar-refractivity contribution in [3.63, 3.8) is 0 Å². The smallest absolute Gasteiger partial charge is 0 e. The van der Waals surface area contributed by atoms with Gasteiger partial charge in [0.25, 0.3) is 0 Å². The maximum atomic E-state index is 0. The maximum Gasteiger partial charge on any atom is 0 e. The number of hydrogen-bond donors (Lipinski definition) is 0. The highest BCUT2D eigenvalue weighted by atomic mass is 24.3. The van der Waals surface area contributed by atoms with Crippen LogP contribution in [0.3, 0.4) is 0 Å². The molecule has 0 bridgehead atoms. The summed E-state index contributed by atoms with van der Waals surface area (Å²) in [5, 5.41) is 0. The monoisotopic (exact) mass is 70.0 g/mol. The first kappa shape index (κ1) is 44.5. The molecular formula is B2Mg2. The SMILES string of the molecule is [B].[B].[Mg].[Mg]. The average Bonchev–Trinajstić information content (AvgIpc) is 0. The third-order valence-electron chi connectivity index (χ3n) is 0. The van der Waals surface area contributed by atoms with E-state index in [1.54, 1.807) is 0 Å². The fourth-order valence-electron chi connectivity index (χ4n) is 0. The van der Waals surface area contributed by atoms with E-state index in [2.05, 4.69) is 0 Å². The second-order valence-electron chi connectivity index (χ2n) is 0. The molecule has 0 unspecified atom stereocenters. The van der Waals surface area contributed by atoms with Crippen LogP contribution in [0, 0.1) is 0 Å². The van der Waals surface area contributed by atoms with E-state index in [9.17, 15) is 0 Å². The van der Waals surface area contributed by atoms with Crippen molar-refractivity contribution in [2.75, 3.05) is 0 Å². The van der Waals surface area contributed by atoms with Crippen LogP contribution in [0.15, 0.2) is 0 Å². The predicted molar refractivity (Wildman–Crippen MR) is 23.0 cm³/mol. The van der Waals surface area contributed by atoms with Crippen LogP contribution in [-0.4, -0.2) is 62.9 Å². The molecule has 10 valence electrons. The lowest BCUT2D eigenvalue weighted by atomic mass is 10.8. The fraction of sp³-hybridized carbons (Fsp3) is 0. The van der Waals surface area contributed by atoms with E-state index in [4.69, 9.17) is 0 Å². The van der Waals surface area contributed by atoms with Gasteiger partial charge in [-0.25, -0.2) is 0 Å². The van der Waals surface area contributed by atoms with E-state index in [0.717, 1.165) is 0 Å². The first-order valence-corrected chi connectivity index (χ1v) is 0. The summed E-state index contributed by atoms with van der Waals surface area (Å²) >= 11 is 0. The van der Waals surface area contributed by atoms with Crippen molar-refractivity contribution in [2.24, 2.45) is 0 Å². The average molecular weight is 70.2 g/mol. The highest BCUT2D eigenvalue weighted by Gasteiger charge is 0.00300. The summed E-state index contributed by atoms with van der Waals surface area (Å²) in [6.07, 6.45) is 0. The first-order valence-electron chi connectivity index (χ1n) is 0. The van der Waals surface area contributed by atoms with Crippen molar-refractivity contribution in [2.45, 2.75) is 0 Å². The van der Waals surface area contributed by atoms with E-state index in [0.29, 0.717) is 0 Å². The molecule has 0 aromatic rings. The highest BCUT2D eigenvalue weighted by Crippen LogP contribution is -0.378. The Balaban J connectivity index is 0. The van der Waals surface area contributed by atoms with Crippen molar-refractivity contribution < 1.29 is 0 Å². The van der Waals surface area contributed by atoms with E-state index < -0.39 is 0 Å². The summed E-state index contributed by atoms with van der Waals surface area (Å²) in [5.74, 6) is 0. The molecule has 0 aliphatic rings. The summed E-state index contributed by atoms with van der Waals surface area (Å²) in [4.78, 5) is 0. The van der Waals surface area contributed by atoms with Gasteiger partial charge in [0.15, 0.2) is 0 Å². The van der Waals surface area contributed by atoms with Crippen molar-refractivity contribution in [1.29, 1.82) is 0 Å². The Hall–Kier alpha value is 1.66. The molecule has 0 N–H and O–H groups in total. The molecule has 0 heterocycles. The zero-order valence-electron chi connectivity index (χ0n) is 2.57. The summed E-state index contributed by atoms with van der Waals surface area (Å²) in [6.45, 7) is 0. The van der Waals surface area contributed by atoms with Gasteiger partial charge >= 0.3 is 0 Å². The first-order chi connectivity index (χ1) is 0. The zero-order chi connectivity index (χ0) is 0. The molecule has 4 heavy (non-hydrogen) atoms. The van der Waals surface area contributed by atoms with Crippen LogP contribution >= 0.6 is 0 Å². The quantitative estimate of drug-likeness (QED) is 0.304. The summed E-state index contributed by atoms with van der Waals surface area (Å²) < 4.78 is 0. The Morgan fingerprint density at radius 1 is 0.500 bits per heavy atom. The van der Waals surface area contributed by atoms with Crippen LogP contribution in [0.25, 0.3) is 0 Å². The van der Waals surface area contributed by atoms with Crippen LogP contribution in [0.1, 0.15) is 0 Å². The van der Waals surface area contributed by atoms with E-state index >= 15 is 0 Å². The molecule has 0 aliphatic heterocycles.